The van der Waals surface area contributed by atoms with Crippen LogP contribution in [0.4, 0.5) is 5.69 Å². The van der Waals surface area contributed by atoms with Gasteiger partial charge in [0.15, 0.2) is 11.5 Å². The van der Waals surface area contributed by atoms with Crippen LogP contribution in [0.25, 0.3) is 11.5 Å². The number of nitro groups is 1. The van der Waals surface area contributed by atoms with Crippen molar-refractivity contribution in [1.29, 1.82) is 0 Å². The smallest absolute Gasteiger partial charge is 0.277 e. The molecule has 2 amide bonds. The van der Waals surface area contributed by atoms with Gasteiger partial charge in [-0.1, -0.05) is 17.8 Å². The summed E-state index contributed by atoms with van der Waals surface area (Å²) in [5.41, 5.74) is 4.85. The molecular formula is C18H13N5O7S. The average molecular weight is 443 g/mol. The largest absolute Gasteiger partial charge is 0.454 e. The minimum Gasteiger partial charge on any atom is -0.454 e. The van der Waals surface area contributed by atoms with Crippen LogP contribution in [0.1, 0.15) is 10.4 Å². The van der Waals surface area contributed by atoms with E-state index in [0.29, 0.717) is 17.1 Å². The van der Waals surface area contributed by atoms with E-state index in [-0.39, 0.29) is 34.9 Å². The number of carbonyl (C=O) groups is 2. The molecule has 0 fully saturated rings. The van der Waals surface area contributed by atoms with Crippen molar-refractivity contribution in [3.63, 3.8) is 0 Å². The first-order valence-corrected chi connectivity index (χ1v) is 9.68. The molecule has 0 saturated carbocycles. The zero-order valence-electron chi connectivity index (χ0n) is 15.6. The molecule has 2 heterocycles. The molecule has 0 unspecified atom stereocenters. The van der Waals surface area contributed by atoms with Crippen molar-refractivity contribution in [2.75, 3.05) is 12.5 Å². The van der Waals surface area contributed by atoms with Crippen LogP contribution in [0.15, 0.2) is 52.1 Å². The SMILES string of the molecule is O=C(CSc1nnc(-c2ccc3c(c2)OCO3)o1)NNC(=O)c1cccc([N+](=O)[O-])c1. The van der Waals surface area contributed by atoms with Gasteiger partial charge in [-0.15, -0.1) is 10.2 Å². The van der Waals surface area contributed by atoms with Gasteiger partial charge in [-0.05, 0) is 24.3 Å². The number of nitrogens with one attached hydrogen (secondary N) is 2. The Kier molecular flexibility index (Phi) is 5.66. The lowest BCUT2D eigenvalue weighted by Crippen LogP contribution is -2.42. The number of fused-ring (bicyclic) bond motifs is 1. The predicted molar refractivity (Wildman–Crippen MR) is 105 cm³/mol. The van der Waals surface area contributed by atoms with Crippen molar-refractivity contribution in [2.45, 2.75) is 5.22 Å². The lowest BCUT2D eigenvalue weighted by Gasteiger charge is -2.06. The standard InChI is InChI=1S/C18H13N5O7S/c24-15(19-20-16(25)10-2-1-3-12(6-10)23(26)27)8-31-18-22-21-17(30-18)11-4-5-13-14(7-11)29-9-28-13/h1-7H,8-9H2,(H,19,24)(H,20,25). The van der Waals surface area contributed by atoms with E-state index in [1.807, 2.05) is 0 Å². The Balaban J connectivity index is 1.28. The van der Waals surface area contributed by atoms with Gasteiger partial charge >= 0.3 is 0 Å². The first-order valence-electron chi connectivity index (χ1n) is 8.69. The Bertz CT molecular complexity index is 1170. The van der Waals surface area contributed by atoms with E-state index in [9.17, 15) is 19.7 Å². The fourth-order valence-electron chi connectivity index (χ4n) is 2.54. The molecule has 0 atom stereocenters. The fraction of sp³-hybridized carbons (Fsp3) is 0.111. The molecule has 1 aromatic heterocycles. The summed E-state index contributed by atoms with van der Waals surface area (Å²) < 4.78 is 16.1. The summed E-state index contributed by atoms with van der Waals surface area (Å²) in [5, 5.41) is 18.7. The zero-order valence-corrected chi connectivity index (χ0v) is 16.4. The summed E-state index contributed by atoms with van der Waals surface area (Å²) >= 11 is 0.974. The van der Waals surface area contributed by atoms with Crippen molar-refractivity contribution >= 4 is 29.3 Å². The Morgan fingerprint density at radius 1 is 1.10 bits per heavy atom. The lowest BCUT2D eigenvalue weighted by atomic mass is 10.2. The van der Waals surface area contributed by atoms with E-state index in [1.54, 1.807) is 18.2 Å². The fourth-order valence-corrected chi connectivity index (χ4v) is 3.10. The van der Waals surface area contributed by atoms with Gasteiger partial charge in [0, 0.05) is 23.3 Å². The number of hydrazine groups is 1. The molecule has 158 valence electrons. The van der Waals surface area contributed by atoms with Crippen LogP contribution in [0, 0.1) is 10.1 Å². The van der Waals surface area contributed by atoms with Gasteiger partial charge < -0.3 is 13.9 Å². The maximum atomic E-state index is 12.0. The second-order valence-corrected chi connectivity index (χ2v) is 6.97. The van der Waals surface area contributed by atoms with Crippen LogP contribution < -0.4 is 20.3 Å². The van der Waals surface area contributed by atoms with Gasteiger partial charge in [-0.25, -0.2) is 0 Å². The first kappa shape index (κ1) is 20.2. The van der Waals surface area contributed by atoms with Gasteiger partial charge in [0.05, 0.1) is 10.7 Å². The number of hydrogen-bond donors (Lipinski definition) is 2. The number of nitro benzene ring substituents is 1. The maximum absolute atomic E-state index is 12.0. The molecule has 2 aromatic carbocycles. The molecule has 0 bridgehead atoms. The van der Waals surface area contributed by atoms with Gasteiger partial charge in [-0.2, -0.15) is 0 Å². The number of hydrogen-bond acceptors (Lipinski definition) is 10. The van der Waals surface area contributed by atoms with E-state index < -0.39 is 16.7 Å². The summed E-state index contributed by atoms with van der Waals surface area (Å²) in [4.78, 5) is 34.1. The van der Waals surface area contributed by atoms with Gasteiger partial charge in [0.2, 0.25) is 18.6 Å². The molecule has 4 rings (SSSR count). The Labute approximate surface area is 178 Å². The summed E-state index contributed by atoms with van der Waals surface area (Å²) in [6, 6.07) is 10.3. The van der Waals surface area contributed by atoms with Crippen molar-refractivity contribution in [3.05, 3.63) is 58.1 Å². The van der Waals surface area contributed by atoms with Crippen molar-refractivity contribution < 1.29 is 28.4 Å². The highest BCUT2D eigenvalue weighted by Crippen LogP contribution is 2.35. The van der Waals surface area contributed by atoms with E-state index in [1.165, 1.54) is 18.2 Å². The van der Waals surface area contributed by atoms with Gasteiger partial charge in [0.1, 0.15) is 0 Å². The number of ether oxygens (including phenoxy) is 2. The molecule has 1 aliphatic rings. The average Bonchev–Trinajstić information content (AvgIpc) is 3.45. The van der Waals surface area contributed by atoms with Crippen LogP contribution >= 0.6 is 11.8 Å². The van der Waals surface area contributed by atoms with Gasteiger partial charge in [-0.3, -0.25) is 30.6 Å². The number of non-ortho nitro benzene ring substituents is 1. The third-order valence-electron chi connectivity index (χ3n) is 3.99. The molecule has 1 aliphatic heterocycles. The molecule has 0 radical (unpaired) electrons. The molecule has 2 N–H and O–H groups in total. The number of thioether (sulfide) groups is 1. The van der Waals surface area contributed by atoms with Crippen LogP contribution in [0.2, 0.25) is 0 Å². The third-order valence-corrected chi connectivity index (χ3v) is 4.81. The molecular weight excluding hydrogens is 430 g/mol. The molecule has 13 heteroatoms. The van der Waals surface area contributed by atoms with Crippen molar-refractivity contribution in [3.8, 4) is 23.0 Å². The quantitative estimate of drug-likeness (QED) is 0.327. The van der Waals surface area contributed by atoms with E-state index in [4.69, 9.17) is 13.9 Å². The minimum absolute atomic E-state index is 0.0347. The molecule has 0 spiro atoms. The highest BCUT2D eigenvalue weighted by Gasteiger charge is 2.17. The molecule has 12 nitrogen and oxygen atoms in total. The zero-order chi connectivity index (χ0) is 21.8. The highest BCUT2D eigenvalue weighted by atomic mass is 32.2. The van der Waals surface area contributed by atoms with Crippen LogP contribution in [-0.4, -0.2) is 39.5 Å². The van der Waals surface area contributed by atoms with Crippen molar-refractivity contribution in [1.82, 2.24) is 21.0 Å². The summed E-state index contributed by atoms with van der Waals surface area (Å²) in [6.45, 7) is 0.149. The molecule has 31 heavy (non-hydrogen) atoms. The van der Waals surface area contributed by atoms with Gasteiger partial charge in [0.25, 0.3) is 16.8 Å². The van der Waals surface area contributed by atoms with E-state index in [2.05, 4.69) is 21.0 Å². The predicted octanol–water partition coefficient (Wildman–Crippen LogP) is 1.93. The molecule has 0 aliphatic carbocycles. The van der Waals surface area contributed by atoms with Crippen LogP contribution in [-0.2, 0) is 4.79 Å². The Morgan fingerprint density at radius 3 is 2.77 bits per heavy atom. The van der Waals surface area contributed by atoms with E-state index >= 15 is 0 Å². The van der Waals surface area contributed by atoms with Crippen LogP contribution in [0.5, 0.6) is 11.5 Å². The number of aromatic nitrogens is 2. The number of carbonyl (C=O) groups excluding carboxylic acids is 2. The van der Waals surface area contributed by atoms with E-state index in [0.717, 1.165) is 17.8 Å². The minimum atomic E-state index is -0.690. The number of nitrogens with zero attached hydrogens (tertiary/aromatic N) is 3. The summed E-state index contributed by atoms with van der Waals surface area (Å²) in [6.07, 6.45) is 0. The Hall–Kier alpha value is -4.13. The third kappa shape index (κ3) is 4.72. The number of benzene rings is 2. The molecule has 3 aromatic rings. The number of amides is 2. The normalized spacial score (nSPS) is 11.7. The lowest BCUT2D eigenvalue weighted by molar-refractivity contribution is -0.384. The maximum Gasteiger partial charge on any atom is 0.277 e. The second-order valence-electron chi connectivity index (χ2n) is 6.04. The van der Waals surface area contributed by atoms with Crippen molar-refractivity contribution in [2.24, 2.45) is 0 Å². The topological polar surface area (TPSA) is 159 Å². The highest BCUT2D eigenvalue weighted by molar-refractivity contribution is 7.99. The number of rotatable bonds is 6. The Morgan fingerprint density at radius 2 is 1.94 bits per heavy atom. The first-order chi connectivity index (χ1) is 15.0. The summed E-state index contributed by atoms with van der Waals surface area (Å²) in [5.74, 6) is 0.111. The van der Waals surface area contributed by atoms with Crippen LogP contribution in [0.3, 0.4) is 0 Å². The molecule has 0 saturated heterocycles. The monoisotopic (exact) mass is 443 g/mol. The second kappa shape index (κ2) is 8.71. The summed E-state index contributed by atoms with van der Waals surface area (Å²) in [7, 11) is 0.